The molecule has 0 saturated carbocycles. The second kappa shape index (κ2) is 9.06. The SMILES string of the molecule is O=C(NCCO)c1ccccc1C(=O)N(CCO)CCO. The van der Waals surface area contributed by atoms with Crippen LogP contribution in [0.25, 0.3) is 0 Å². The Morgan fingerprint density at radius 3 is 2.05 bits per heavy atom. The smallest absolute Gasteiger partial charge is 0.254 e. The highest BCUT2D eigenvalue weighted by atomic mass is 16.3. The quantitative estimate of drug-likeness (QED) is 0.483. The molecule has 0 saturated heterocycles. The van der Waals surface area contributed by atoms with Gasteiger partial charge in [0, 0.05) is 19.6 Å². The molecule has 0 bridgehead atoms. The van der Waals surface area contributed by atoms with Gasteiger partial charge in [-0.3, -0.25) is 9.59 Å². The molecule has 4 N–H and O–H groups in total. The van der Waals surface area contributed by atoms with Gasteiger partial charge in [0.2, 0.25) is 0 Å². The predicted molar refractivity (Wildman–Crippen MR) is 75.9 cm³/mol. The monoisotopic (exact) mass is 296 g/mol. The number of hydrogen-bond acceptors (Lipinski definition) is 5. The fourth-order valence-corrected chi connectivity index (χ4v) is 1.86. The number of amides is 2. The summed E-state index contributed by atoms with van der Waals surface area (Å²) in [5.74, 6) is -0.895. The van der Waals surface area contributed by atoms with Crippen LogP contribution < -0.4 is 5.32 Å². The van der Waals surface area contributed by atoms with Gasteiger partial charge in [-0.05, 0) is 12.1 Å². The van der Waals surface area contributed by atoms with Gasteiger partial charge in [-0.15, -0.1) is 0 Å². The van der Waals surface area contributed by atoms with Crippen molar-refractivity contribution in [3.63, 3.8) is 0 Å². The Morgan fingerprint density at radius 1 is 0.952 bits per heavy atom. The number of aliphatic hydroxyl groups excluding tert-OH is 3. The van der Waals surface area contributed by atoms with Crippen LogP contribution in [0.5, 0.6) is 0 Å². The Balaban J connectivity index is 3.00. The van der Waals surface area contributed by atoms with E-state index < -0.39 is 11.8 Å². The third-order valence-corrected chi connectivity index (χ3v) is 2.83. The fourth-order valence-electron chi connectivity index (χ4n) is 1.86. The van der Waals surface area contributed by atoms with Gasteiger partial charge >= 0.3 is 0 Å². The summed E-state index contributed by atoms with van der Waals surface area (Å²) in [7, 11) is 0. The maximum Gasteiger partial charge on any atom is 0.254 e. The van der Waals surface area contributed by atoms with E-state index in [1.165, 1.54) is 17.0 Å². The van der Waals surface area contributed by atoms with E-state index >= 15 is 0 Å². The van der Waals surface area contributed by atoms with Crippen LogP contribution in [0.4, 0.5) is 0 Å². The van der Waals surface area contributed by atoms with Crippen molar-refractivity contribution >= 4 is 11.8 Å². The van der Waals surface area contributed by atoms with Gasteiger partial charge in [0.15, 0.2) is 0 Å². The second-order valence-electron chi connectivity index (χ2n) is 4.26. The lowest BCUT2D eigenvalue weighted by Gasteiger charge is -2.21. The van der Waals surface area contributed by atoms with Crippen LogP contribution in [0.15, 0.2) is 24.3 Å². The molecule has 0 aliphatic rings. The minimum absolute atomic E-state index is 0.0754. The first-order chi connectivity index (χ1) is 10.2. The maximum absolute atomic E-state index is 12.4. The number of carbonyl (C=O) groups is 2. The zero-order chi connectivity index (χ0) is 15.7. The minimum atomic E-state index is -0.457. The molecule has 7 nitrogen and oxygen atoms in total. The number of carbonyl (C=O) groups excluding carboxylic acids is 2. The standard InChI is InChI=1S/C14H20N2O5/c17-8-5-15-13(20)11-3-1-2-4-12(11)14(21)16(6-9-18)7-10-19/h1-4,17-19H,5-10H2,(H,15,20). The normalized spacial score (nSPS) is 10.2. The van der Waals surface area contributed by atoms with Crippen LogP contribution in [0.2, 0.25) is 0 Å². The zero-order valence-electron chi connectivity index (χ0n) is 11.7. The van der Waals surface area contributed by atoms with Crippen molar-refractivity contribution in [3.8, 4) is 0 Å². The highest BCUT2D eigenvalue weighted by Gasteiger charge is 2.20. The highest BCUT2D eigenvalue weighted by molar-refractivity contribution is 6.07. The molecule has 1 rings (SSSR count). The van der Waals surface area contributed by atoms with Gasteiger partial charge in [-0.2, -0.15) is 0 Å². The molecule has 1 aromatic rings. The van der Waals surface area contributed by atoms with E-state index in [0.29, 0.717) is 0 Å². The summed E-state index contributed by atoms with van der Waals surface area (Å²) in [5.41, 5.74) is 0.381. The number of aliphatic hydroxyl groups is 3. The van der Waals surface area contributed by atoms with E-state index in [9.17, 15) is 9.59 Å². The molecule has 0 atom stereocenters. The van der Waals surface area contributed by atoms with Crippen molar-refractivity contribution in [3.05, 3.63) is 35.4 Å². The lowest BCUT2D eigenvalue weighted by Crippen LogP contribution is -2.37. The molecule has 0 spiro atoms. The Kier molecular flexibility index (Phi) is 7.38. The Labute approximate surface area is 122 Å². The maximum atomic E-state index is 12.4. The van der Waals surface area contributed by atoms with E-state index in [1.807, 2.05) is 0 Å². The minimum Gasteiger partial charge on any atom is -0.395 e. The number of nitrogens with zero attached hydrogens (tertiary/aromatic N) is 1. The molecular formula is C14H20N2O5. The lowest BCUT2D eigenvalue weighted by atomic mass is 10.1. The highest BCUT2D eigenvalue weighted by Crippen LogP contribution is 2.12. The van der Waals surface area contributed by atoms with E-state index in [2.05, 4.69) is 5.32 Å². The van der Waals surface area contributed by atoms with Crippen LogP contribution in [0.1, 0.15) is 20.7 Å². The van der Waals surface area contributed by atoms with Crippen molar-refractivity contribution in [2.75, 3.05) is 39.5 Å². The summed E-state index contributed by atoms with van der Waals surface area (Å²) in [5, 5.41) is 29.2. The summed E-state index contributed by atoms with van der Waals surface area (Å²) < 4.78 is 0. The summed E-state index contributed by atoms with van der Waals surface area (Å²) in [6.07, 6.45) is 0. The van der Waals surface area contributed by atoms with Crippen LogP contribution in [-0.2, 0) is 0 Å². The number of hydrogen-bond donors (Lipinski definition) is 4. The van der Waals surface area contributed by atoms with E-state index in [4.69, 9.17) is 15.3 Å². The van der Waals surface area contributed by atoms with Crippen LogP contribution in [0, 0.1) is 0 Å². The molecular weight excluding hydrogens is 276 g/mol. The van der Waals surface area contributed by atoms with E-state index in [-0.39, 0.29) is 50.6 Å². The first-order valence-electron chi connectivity index (χ1n) is 6.64. The average molecular weight is 296 g/mol. The van der Waals surface area contributed by atoms with Crippen molar-refractivity contribution < 1.29 is 24.9 Å². The van der Waals surface area contributed by atoms with Gasteiger partial charge in [0.25, 0.3) is 11.8 Å². The Hall–Kier alpha value is -1.96. The Morgan fingerprint density at radius 2 is 1.52 bits per heavy atom. The fraction of sp³-hybridized carbons (Fsp3) is 0.429. The first-order valence-corrected chi connectivity index (χ1v) is 6.64. The molecule has 1 aromatic carbocycles. The molecule has 0 unspecified atom stereocenters. The molecule has 0 aliphatic carbocycles. The number of rotatable bonds is 8. The molecule has 0 aliphatic heterocycles. The van der Waals surface area contributed by atoms with E-state index in [0.717, 1.165) is 0 Å². The van der Waals surface area contributed by atoms with Gasteiger partial charge in [-0.25, -0.2) is 0 Å². The molecule has 0 heterocycles. The van der Waals surface area contributed by atoms with Gasteiger partial charge in [0.05, 0.1) is 30.9 Å². The summed E-state index contributed by atoms with van der Waals surface area (Å²) in [6.45, 7) is -0.408. The van der Waals surface area contributed by atoms with Crippen molar-refractivity contribution in [2.45, 2.75) is 0 Å². The van der Waals surface area contributed by atoms with Crippen LogP contribution >= 0.6 is 0 Å². The van der Waals surface area contributed by atoms with Crippen molar-refractivity contribution in [1.82, 2.24) is 10.2 Å². The third kappa shape index (κ3) is 4.82. The van der Waals surface area contributed by atoms with Crippen LogP contribution in [0.3, 0.4) is 0 Å². The number of benzene rings is 1. The molecule has 21 heavy (non-hydrogen) atoms. The summed E-state index contributed by atoms with van der Waals surface area (Å²) in [4.78, 5) is 25.6. The summed E-state index contributed by atoms with van der Waals surface area (Å²) >= 11 is 0. The molecule has 2 amide bonds. The van der Waals surface area contributed by atoms with Gasteiger partial charge < -0.3 is 25.5 Å². The van der Waals surface area contributed by atoms with Crippen LogP contribution in [-0.4, -0.2) is 71.5 Å². The van der Waals surface area contributed by atoms with Gasteiger partial charge in [0.1, 0.15) is 0 Å². The Bertz CT molecular complexity index is 472. The van der Waals surface area contributed by atoms with Crippen molar-refractivity contribution in [1.29, 1.82) is 0 Å². The van der Waals surface area contributed by atoms with Gasteiger partial charge in [-0.1, -0.05) is 12.1 Å². The third-order valence-electron chi connectivity index (χ3n) is 2.83. The average Bonchev–Trinajstić information content (AvgIpc) is 2.51. The molecule has 7 heteroatoms. The second-order valence-corrected chi connectivity index (χ2v) is 4.26. The molecule has 0 fully saturated rings. The zero-order valence-corrected chi connectivity index (χ0v) is 11.7. The summed E-state index contributed by atoms with van der Waals surface area (Å²) in [6, 6.07) is 6.28. The van der Waals surface area contributed by atoms with Crippen molar-refractivity contribution in [2.24, 2.45) is 0 Å². The predicted octanol–water partition coefficient (Wildman–Crippen LogP) is -1.16. The number of nitrogens with one attached hydrogen (secondary N) is 1. The first kappa shape index (κ1) is 17.1. The molecule has 116 valence electrons. The topological polar surface area (TPSA) is 110 Å². The largest absolute Gasteiger partial charge is 0.395 e. The lowest BCUT2D eigenvalue weighted by molar-refractivity contribution is 0.0680. The van der Waals surface area contributed by atoms with E-state index in [1.54, 1.807) is 12.1 Å². The molecule has 0 radical (unpaired) electrons. The molecule has 0 aromatic heterocycles.